The van der Waals surface area contributed by atoms with Gasteiger partial charge in [0, 0.05) is 12.5 Å². The van der Waals surface area contributed by atoms with Gasteiger partial charge in [-0.1, -0.05) is 55.0 Å². The summed E-state index contributed by atoms with van der Waals surface area (Å²) in [6.45, 7) is 4.03. The number of carboxylic acids is 1. The van der Waals surface area contributed by atoms with Crippen LogP contribution in [-0.2, 0) is 28.9 Å². The fourth-order valence-corrected chi connectivity index (χ4v) is 4.88. The van der Waals surface area contributed by atoms with Gasteiger partial charge in [0.15, 0.2) is 11.5 Å². The molecule has 7 heteroatoms. The minimum atomic E-state index is -1.05. The molecule has 0 spiro atoms. The predicted molar refractivity (Wildman–Crippen MR) is 138 cm³/mol. The predicted octanol–water partition coefficient (Wildman–Crippen LogP) is 5.15. The Morgan fingerprint density at radius 1 is 1.11 bits per heavy atom. The van der Waals surface area contributed by atoms with Crippen molar-refractivity contribution in [3.63, 3.8) is 0 Å². The van der Waals surface area contributed by atoms with Gasteiger partial charge in [0.25, 0.3) is 0 Å². The number of aryl methyl sites for hydroxylation is 1. The number of carboxylic acid groups (broad SMARTS) is 1. The van der Waals surface area contributed by atoms with Crippen molar-refractivity contribution in [1.29, 1.82) is 0 Å². The number of hydrogen-bond acceptors (Lipinski definition) is 4. The molecule has 0 saturated carbocycles. The highest BCUT2D eigenvalue weighted by Gasteiger charge is 2.31. The first-order valence-electron chi connectivity index (χ1n) is 12.4. The highest BCUT2D eigenvalue weighted by Crippen LogP contribution is 2.44. The third-order valence-corrected chi connectivity index (χ3v) is 6.70. The normalized spacial score (nSPS) is 16.4. The van der Waals surface area contributed by atoms with E-state index in [1.807, 2.05) is 37.3 Å². The second-order valence-electron chi connectivity index (χ2n) is 9.68. The maximum atomic E-state index is 13.4. The Hall–Kier alpha value is -3.87. The summed E-state index contributed by atoms with van der Waals surface area (Å²) >= 11 is 0. The zero-order chi connectivity index (χ0) is 26.5. The monoisotopic (exact) mass is 505 g/mol. The lowest BCUT2D eigenvalue weighted by atomic mass is 9.87. The van der Waals surface area contributed by atoms with E-state index in [-0.39, 0.29) is 36.7 Å². The number of aliphatic carboxylic acids is 1. The van der Waals surface area contributed by atoms with E-state index in [0.717, 1.165) is 27.8 Å². The quantitative estimate of drug-likeness (QED) is 0.435. The lowest BCUT2D eigenvalue weighted by molar-refractivity contribution is -0.144. The van der Waals surface area contributed by atoms with E-state index < -0.39 is 5.97 Å². The number of rotatable bonds is 9. The topological polar surface area (TPSA) is 76.1 Å². The van der Waals surface area contributed by atoms with Crippen LogP contribution >= 0.6 is 0 Å². The summed E-state index contributed by atoms with van der Waals surface area (Å²) in [5.74, 6) is -0.348. The minimum Gasteiger partial charge on any atom is -0.493 e. The lowest BCUT2D eigenvalue weighted by Gasteiger charge is -2.33. The second-order valence-corrected chi connectivity index (χ2v) is 9.68. The molecule has 3 aromatic carbocycles. The van der Waals surface area contributed by atoms with Gasteiger partial charge in [-0.3, -0.25) is 9.59 Å². The van der Waals surface area contributed by atoms with Crippen molar-refractivity contribution in [3.05, 3.63) is 94.3 Å². The Bertz CT molecular complexity index is 1270. The highest BCUT2D eigenvalue weighted by atomic mass is 19.1. The van der Waals surface area contributed by atoms with Gasteiger partial charge >= 0.3 is 5.97 Å². The Balaban J connectivity index is 1.52. The van der Waals surface area contributed by atoms with Crippen LogP contribution in [0.5, 0.6) is 11.5 Å². The first-order valence-corrected chi connectivity index (χ1v) is 12.4. The van der Waals surface area contributed by atoms with Crippen LogP contribution < -0.4 is 9.47 Å². The van der Waals surface area contributed by atoms with E-state index in [1.165, 1.54) is 17.0 Å². The molecular formula is C30H32FNO5. The van der Waals surface area contributed by atoms with Crippen LogP contribution in [0.2, 0.25) is 0 Å². The van der Waals surface area contributed by atoms with Crippen LogP contribution in [-0.4, -0.2) is 42.1 Å². The van der Waals surface area contributed by atoms with Crippen molar-refractivity contribution in [3.8, 4) is 11.5 Å². The van der Waals surface area contributed by atoms with E-state index in [0.29, 0.717) is 30.9 Å². The molecule has 2 atom stereocenters. The minimum absolute atomic E-state index is 0.0561. The molecule has 0 fully saturated rings. The maximum absolute atomic E-state index is 13.4. The number of hydrogen-bond donors (Lipinski definition) is 1. The van der Waals surface area contributed by atoms with Gasteiger partial charge in [0.1, 0.15) is 18.5 Å². The molecule has 0 radical (unpaired) electrons. The Kier molecular flexibility index (Phi) is 8.11. The number of carbonyl (C=O) groups excluding carboxylic acids is 1. The molecule has 1 aliphatic rings. The number of benzene rings is 3. The fraction of sp³-hybridized carbons (Fsp3) is 0.333. The molecule has 0 aromatic heterocycles. The van der Waals surface area contributed by atoms with Gasteiger partial charge in [0.2, 0.25) is 5.91 Å². The summed E-state index contributed by atoms with van der Waals surface area (Å²) in [7, 11) is 1.55. The molecule has 3 aromatic rings. The Morgan fingerprint density at radius 2 is 1.86 bits per heavy atom. The summed E-state index contributed by atoms with van der Waals surface area (Å²) in [5.41, 5.74) is 4.73. The van der Waals surface area contributed by atoms with Crippen LogP contribution in [0.25, 0.3) is 0 Å². The first-order chi connectivity index (χ1) is 17.7. The molecule has 4 rings (SSSR count). The zero-order valence-electron chi connectivity index (χ0n) is 21.4. The zero-order valence-corrected chi connectivity index (χ0v) is 21.4. The van der Waals surface area contributed by atoms with Crippen molar-refractivity contribution in [2.24, 2.45) is 5.92 Å². The molecule has 0 unspecified atom stereocenters. The van der Waals surface area contributed by atoms with Crippen molar-refractivity contribution in [2.75, 3.05) is 20.2 Å². The number of halogens is 1. The molecule has 1 aliphatic heterocycles. The highest BCUT2D eigenvalue weighted by molar-refractivity contribution is 5.83. The summed E-state index contributed by atoms with van der Waals surface area (Å²) < 4.78 is 25.4. The smallest absolute Gasteiger partial charge is 0.323 e. The van der Waals surface area contributed by atoms with Crippen molar-refractivity contribution >= 4 is 11.9 Å². The van der Waals surface area contributed by atoms with Crippen LogP contribution in [0, 0.1) is 18.7 Å². The van der Waals surface area contributed by atoms with Gasteiger partial charge in [-0.15, -0.1) is 0 Å². The third-order valence-electron chi connectivity index (χ3n) is 6.70. The van der Waals surface area contributed by atoms with Gasteiger partial charge < -0.3 is 19.5 Å². The number of carbonyl (C=O) groups is 2. The number of nitrogens with zero attached hydrogens (tertiary/aromatic N) is 1. The first kappa shape index (κ1) is 26.2. The number of amides is 1. The van der Waals surface area contributed by atoms with E-state index in [9.17, 15) is 19.1 Å². The standard InChI is InChI=1S/C30H32FNO5/c1-19-5-4-6-21(13-19)11-12-32(18-28(34)35)27(33)17-22-15-24-14-20(2)29(23-7-9-25(31)10-8-23)37-30(24)26(16-22)36-3/h4-10,13,15-16,20,29H,11-12,14,17-18H2,1-3H3,(H,34,35)/t20-,29-/m1/s1. The summed E-state index contributed by atoms with van der Waals surface area (Å²) in [4.78, 5) is 26.1. The molecule has 6 nitrogen and oxygen atoms in total. The molecule has 0 saturated heterocycles. The van der Waals surface area contributed by atoms with Crippen molar-refractivity contribution < 1.29 is 28.6 Å². The van der Waals surface area contributed by atoms with E-state index >= 15 is 0 Å². The van der Waals surface area contributed by atoms with E-state index in [4.69, 9.17) is 9.47 Å². The van der Waals surface area contributed by atoms with E-state index in [2.05, 4.69) is 6.92 Å². The molecular weight excluding hydrogens is 473 g/mol. The average Bonchev–Trinajstić information content (AvgIpc) is 2.86. The van der Waals surface area contributed by atoms with Gasteiger partial charge in [-0.2, -0.15) is 0 Å². The van der Waals surface area contributed by atoms with Gasteiger partial charge in [-0.05, 0) is 60.2 Å². The molecule has 37 heavy (non-hydrogen) atoms. The van der Waals surface area contributed by atoms with Gasteiger partial charge in [-0.25, -0.2) is 4.39 Å². The summed E-state index contributed by atoms with van der Waals surface area (Å²) in [6, 6.07) is 18.0. The number of fused-ring (bicyclic) bond motifs is 1. The summed E-state index contributed by atoms with van der Waals surface area (Å²) in [6.07, 6.45) is 1.08. The third kappa shape index (κ3) is 6.47. The van der Waals surface area contributed by atoms with Crippen molar-refractivity contribution in [2.45, 2.75) is 39.2 Å². The lowest BCUT2D eigenvalue weighted by Crippen LogP contribution is -2.38. The fourth-order valence-electron chi connectivity index (χ4n) is 4.88. The molecule has 194 valence electrons. The molecule has 1 heterocycles. The molecule has 0 aliphatic carbocycles. The number of ether oxygens (including phenoxy) is 2. The SMILES string of the molecule is COc1cc(CC(=O)N(CCc2cccc(C)c2)CC(=O)O)cc2c1O[C@@H](c1ccc(F)cc1)[C@H](C)C2. The average molecular weight is 506 g/mol. The maximum Gasteiger partial charge on any atom is 0.323 e. The van der Waals surface area contributed by atoms with Crippen LogP contribution in [0.3, 0.4) is 0 Å². The number of methoxy groups -OCH3 is 1. The molecule has 0 bridgehead atoms. The van der Waals surface area contributed by atoms with Crippen LogP contribution in [0.1, 0.15) is 40.8 Å². The van der Waals surface area contributed by atoms with Crippen LogP contribution in [0.4, 0.5) is 4.39 Å². The Morgan fingerprint density at radius 3 is 2.54 bits per heavy atom. The van der Waals surface area contributed by atoms with E-state index in [1.54, 1.807) is 25.3 Å². The second kappa shape index (κ2) is 11.5. The van der Waals surface area contributed by atoms with Gasteiger partial charge in [0.05, 0.1) is 13.5 Å². The molecule has 1 N–H and O–H groups in total. The summed E-state index contributed by atoms with van der Waals surface area (Å²) in [5, 5.41) is 9.39. The van der Waals surface area contributed by atoms with Crippen molar-refractivity contribution in [1.82, 2.24) is 4.90 Å². The van der Waals surface area contributed by atoms with Crippen LogP contribution in [0.15, 0.2) is 60.7 Å². The Labute approximate surface area is 216 Å². The molecule has 1 amide bonds. The largest absolute Gasteiger partial charge is 0.493 e.